The summed E-state index contributed by atoms with van der Waals surface area (Å²) in [5.41, 5.74) is 0. The van der Waals surface area contributed by atoms with E-state index in [1.807, 2.05) is 0 Å². The summed E-state index contributed by atoms with van der Waals surface area (Å²) in [5, 5.41) is 0. The molecular weight excluding hydrogens is 97.7 g/mol. The predicted molar refractivity (Wildman–Crippen MR) is 38.3 cm³/mol. The molecule has 3 heteroatoms. The molecule has 0 saturated carbocycles. The minimum atomic E-state index is 0.660. The van der Waals surface area contributed by atoms with Crippen molar-refractivity contribution in [1.82, 2.24) is 0 Å². The van der Waals surface area contributed by atoms with Crippen molar-refractivity contribution in [2.75, 3.05) is 6.61 Å². The first-order valence-corrected chi connectivity index (χ1v) is 3.03. The molecule has 0 heterocycles. The predicted octanol–water partition coefficient (Wildman–Crippen LogP) is 0.484. The van der Waals surface area contributed by atoms with Gasteiger partial charge in [0, 0.05) is 0 Å². The van der Waals surface area contributed by atoms with Crippen molar-refractivity contribution in [3.8, 4) is 0 Å². The summed E-state index contributed by atoms with van der Waals surface area (Å²) in [6.45, 7) is 5.11. The second-order valence-electron chi connectivity index (χ2n) is 2.01. The molecule has 1 nitrogen and oxygen atoms in total. The Morgan fingerprint density at radius 3 is 2.75 bits per heavy atom. The third kappa shape index (κ3) is 4.10. The first-order chi connectivity index (χ1) is 3.81. The topological polar surface area (TPSA) is 9.23 Å². The van der Waals surface area contributed by atoms with E-state index in [1.54, 1.807) is 0 Å². The SMILES string of the molecule is B=BOCC(C)CC. The maximum atomic E-state index is 4.95. The van der Waals surface area contributed by atoms with Gasteiger partial charge in [-0.2, -0.15) is 0 Å². The van der Waals surface area contributed by atoms with Gasteiger partial charge in [0.1, 0.15) is 0 Å². The molecule has 1 unspecified atom stereocenters. The molecule has 0 amide bonds. The summed E-state index contributed by atoms with van der Waals surface area (Å²) >= 11 is 0. The van der Waals surface area contributed by atoms with E-state index in [2.05, 4.69) is 21.2 Å². The molecule has 0 saturated heterocycles. The van der Waals surface area contributed by atoms with Crippen molar-refractivity contribution in [3.05, 3.63) is 0 Å². The Morgan fingerprint density at radius 1 is 1.75 bits per heavy atom. The van der Waals surface area contributed by atoms with Gasteiger partial charge >= 0.3 is 51.8 Å². The van der Waals surface area contributed by atoms with E-state index in [0.29, 0.717) is 5.92 Å². The quantitative estimate of drug-likeness (QED) is 0.478. The first-order valence-electron chi connectivity index (χ1n) is 3.03. The van der Waals surface area contributed by atoms with Gasteiger partial charge < -0.3 is 0 Å². The van der Waals surface area contributed by atoms with E-state index in [0.717, 1.165) is 6.61 Å². The first kappa shape index (κ1) is 7.93. The molecule has 0 bridgehead atoms. The van der Waals surface area contributed by atoms with Crippen LogP contribution in [0.3, 0.4) is 0 Å². The van der Waals surface area contributed by atoms with Gasteiger partial charge in [0.05, 0.1) is 0 Å². The van der Waals surface area contributed by atoms with Crippen molar-refractivity contribution in [2.24, 2.45) is 5.92 Å². The van der Waals surface area contributed by atoms with Crippen molar-refractivity contribution in [1.29, 1.82) is 0 Å². The maximum absolute atomic E-state index is 4.95. The second-order valence-corrected chi connectivity index (χ2v) is 2.01. The molecular formula is C5H12B2O. The molecule has 0 aliphatic carbocycles. The fraction of sp³-hybridized carbons (Fsp3) is 1.00. The van der Waals surface area contributed by atoms with Crippen LogP contribution in [0.5, 0.6) is 0 Å². The zero-order chi connectivity index (χ0) is 6.41. The minimum absolute atomic E-state index is 0.660. The van der Waals surface area contributed by atoms with Crippen LogP contribution in [0.25, 0.3) is 0 Å². The van der Waals surface area contributed by atoms with Crippen molar-refractivity contribution >= 4 is 14.4 Å². The van der Waals surface area contributed by atoms with Gasteiger partial charge in [-0.1, -0.05) is 0 Å². The van der Waals surface area contributed by atoms with E-state index >= 15 is 0 Å². The van der Waals surface area contributed by atoms with Gasteiger partial charge in [0.25, 0.3) is 0 Å². The van der Waals surface area contributed by atoms with Gasteiger partial charge in [-0.15, -0.1) is 0 Å². The Balaban J connectivity index is 2.97. The van der Waals surface area contributed by atoms with Crippen LogP contribution in [0.2, 0.25) is 0 Å². The molecule has 0 radical (unpaired) electrons. The van der Waals surface area contributed by atoms with Crippen LogP contribution in [0.15, 0.2) is 0 Å². The molecule has 0 fully saturated rings. The van der Waals surface area contributed by atoms with Crippen LogP contribution < -0.4 is 0 Å². The van der Waals surface area contributed by atoms with Crippen molar-refractivity contribution < 1.29 is 4.65 Å². The van der Waals surface area contributed by atoms with Crippen LogP contribution in [-0.2, 0) is 4.65 Å². The molecule has 8 heavy (non-hydrogen) atoms. The van der Waals surface area contributed by atoms with Crippen molar-refractivity contribution in [3.63, 3.8) is 0 Å². The number of rotatable bonds is 4. The van der Waals surface area contributed by atoms with Gasteiger partial charge in [0.2, 0.25) is 0 Å². The molecule has 0 rings (SSSR count). The van der Waals surface area contributed by atoms with Gasteiger partial charge in [-0.25, -0.2) is 0 Å². The summed E-state index contributed by atoms with van der Waals surface area (Å²) in [6.07, 6.45) is 1.17. The Labute approximate surface area is 52.7 Å². The summed E-state index contributed by atoms with van der Waals surface area (Å²) in [4.78, 5) is 0. The van der Waals surface area contributed by atoms with Gasteiger partial charge in [-0.05, 0) is 0 Å². The molecule has 0 aromatic heterocycles. The third-order valence-corrected chi connectivity index (χ3v) is 1.20. The number of hydrogen-bond acceptors (Lipinski definition) is 1. The fourth-order valence-corrected chi connectivity index (χ4v) is 0.350. The molecule has 0 aliphatic heterocycles. The molecule has 0 aliphatic rings. The summed E-state index contributed by atoms with van der Waals surface area (Å²) in [5.74, 6) is 0.660. The molecule has 0 aromatic carbocycles. The van der Waals surface area contributed by atoms with Crippen LogP contribution in [0.4, 0.5) is 0 Å². The Morgan fingerprint density at radius 2 is 2.38 bits per heavy atom. The Bertz CT molecular complexity index is 65.4. The van der Waals surface area contributed by atoms with E-state index in [1.165, 1.54) is 13.4 Å². The average molecular weight is 110 g/mol. The third-order valence-electron chi connectivity index (χ3n) is 1.20. The van der Waals surface area contributed by atoms with E-state index in [4.69, 9.17) is 4.65 Å². The summed E-state index contributed by atoms with van der Waals surface area (Å²) < 4.78 is 4.95. The average Bonchev–Trinajstić information content (AvgIpc) is 1.83. The summed E-state index contributed by atoms with van der Waals surface area (Å²) in [7, 11) is 4.94. The molecule has 0 spiro atoms. The standard InChI is InChI=1S/C5H12B2O/c1-3-5(2)4-8-7-6/h5-6H,3-4H2,1-2H3. The van der Waals surface area contributed by atoms with Crippen LogP contribution in [0.1, 0.15) is 20.3 Å². The van der Waals surface area contributed by atoms with Gasteiger partial charge in [0.15, 0.2) is 0 Å². The normalized spacial score (nSPS) is 12.1. The monoisotopic (exact) mass is 110 g/mol. The van der Waals surface area contributed by atoms with E-state index < -0.39 is 0 Å². The van der Waals surface area contributed by atoms with Gasteiger partial charge in [-0.3, -0.25) is 0 Å². The van der Waals surface area contributed by atoms with E-state index in [-0.39, 0.29) is 0 Å². The Hall–Kier alpha value is -0.0701. The van der Waals surface area contributed by atoms with Crippen molar-refractivity contribution in [2.45, 2.75) is 20.3 Å². The Kier molecular flexibility index (Phi) is 5.03. The van der Waals surface area contributed by atoms with E-state index in [9.17, 15) is 0 Å². The second kappa shape index (κ2) is 5.07. The molecule has 0 N–H and O–H groups in total. The summed E-state index contributed by atoms with van der Waals surface area (Å²) in [6, 6.07) is 0. The molecule has 1 atom stereocenters. The fourth-order valence-electron chi connectivity index (χ4n) is 0.350. The van der Waals surface area contributed by atoms with Crippen LogP contribution in [-0.4, -0.2) is 21.0 Å². The molecule has 0 aromatic rings. The molecule has 44 valence electrons. The van der Waals surface area contributed by atoms with Crippen LogP contribution >= 0.6 is 0 Å². The zero-order valence-corrected chi connectivity index (χ0v) is 5.68. The number of hydrogen-bond donors (Lipinski definition) is 0. The zero-order valence-electron chi connectivity index (χ0n) is 5.68. The van der Waals surface area contributed by atoms with Crippen LogP contribution in [0, 0.1) is 5.92 Å².